The third-order valence-electron chi connectivity index (χ3n) is 1.06. The maximum absolute atomic E-state index is 10.4. The molecule has 0 saturated heterocycles. The van der Waals surface area contributed by atoms with E-state index in [1.54, 1.807) is 0 Å². The molecule has 0 rings (SSSR count). The normalized spacial score (nSPS) is 12.8. The van der Waals surface area contributed by atoms with Crippen molar-refractivity contribution in [1.82, 2.24) is 0 Å². The smallest absolute Gasteiger partial charge is 1.00 e. The zero-order valence-corrected chi connectivity index (χ0v) is 8.76. The van der Waals surface area contributed by atoms with Crippen LogP contribution in [-0.4, -0.2) is 60.7 Å². The van der Waals surface area contributed by atoms with Gasteiger partial charge in [-0.05, 0) is 0 Å². The van der Waals surface area contributed by atoms with E-state index >= 15 is 0 Å². The summed E-state index contributed by atoms with van der Waals surface area (Å²) >= 11 is 0. The van der Waals surface area contributed by atoms with Crippen LogP contribution < -0.4 is 0 Å². The molecule has 1 unspecified atom stereocenters. The Morgan fingerprint density at radius 3 is 1.77 bits per heavy atom. The molecule has 0 spiro atoms. The van der Waals surface area contributed by atoms with Crippen LogP contribution in [0.15, 0.2) is 0 Å². The zero-order chi connectivity index (χ0) is 9.94. The molecule has 0 aliphatic heterocycles. The van der Waals surface area contributed by atoms with Crippen molar-refractivity contribution in [3.8, 4) is 0 Å². The number of hydrogen-bond acceptors (Lipinski definition) is 3. The van der Waals surface area contributed by atoms with Gasteiger partial charge >= 0.3 is 42.6 Å². The van der Waals surface area contributed by atoms with Crippen LogP contribution in [0.1, 0.15) is 9.27 Å². The van der Waals surface area contributed by atoms with Gasteiger partial charge in [-0.15, -0.1) is 0 Å². The van der Waals surface area contributed by atoms with Crippen molar-refractivity contribution in [1.29, 1.82) is 0 Å². The SMILES string of the molecule is O=C(O)CC(C(=O)O)P(=O)(O)O.[H-].[H-].[Mg+2]. The van der Waals surface area contributed by atoms with E-state index in [1.807, 2.05) is 0 Å². The first-order valence-electron chi connectivity index (χ1n) is 2.75. The van der Waals surface area contributed by atoms with E-state index in [0.29, 0.717) is 0 Å². The van der Waals surface area contributed by atoms with Gasteiger partial charge in [0.2, 0.25) is 0 Å². The van der Waals surface area contributed by atoms with Gasteiger partial charge in [-0.1, -0.05) is 0 Å². The van der Waals surface area contributed by atoms with Crippen LogP contribution in [0.5, 0.6) is 0 Å². The Labute approximate surface area is 92.0 Å². The van der Waals surface area contributed by atoms with Crippen LogP contribution in [-0.2, 0) is 14.2 Å². The fraction of sp³-hybridized carbons (Fsp3) is 0.500. The van der Waals surface area contributed by atoms with Crippen molar-refractivity contribution in [3.63, 3.8) is 0 Å². The van der Waals surface area contributed by atoms with Crippen LogP contribution >= 0.6 is 7.60 Å². The second-order valence-electron chi connectivity index (χ2n) is 2.04. The summed E-state index contributed by atoms with van der Waals surface area (Å²) in [6.45, 7) is 0. The van der Waals surface area contributed by atoms with Gasteiger partial charge in [0.1, 0.15) is 0 Å². The van der Waals surface area contributed by atoms with E-state index in [0.717, 1.165) is 0 Å². The molecule has 0 aromatic heterocycles. The number of hydrogen-bond donors (Lipinski definition) is 4. The number of carboxylic acids is 2. The molecule has 0 saturated carbocycles. The van der Waals surface area contributed by atoms with Crippen LogP contribution in [0.25, 0.3) is 0 Å². The molecule has 0 aliphatic rings. The summed E-state index contributed by atoms with van der Waals surface area (Å²) in [5, 5.41) is 16.3. The first-order valence-corrected chi connectivity index (χ1v) is 4.43. The van der Waals surface area contributed by atoms with Crippen molar-refractivity contribution in [2.75, 3.05) is 0 Å². The summed E-state index contributed by atoms with van der Waals surface area (Å²) in [6, 6.07) is 0. The number of carbonyl (C=O) groups is 2. The first kappa shape index (κ1) is 15.3. The van der Waals surface area contributed by atoms with Gasteiger partial charge in [0.15, 0.2) is 5.66 Å². The Kier molecular flexibility index (Phi) is 6.56. The molecule has 0 heterocycles. The second-order valence-corrected chi connectivity index (χ2v) is 3.84. The van der Waals surface area contributed by atoms with Crippen LogP contribution in [0.2, 0.25) is 0 Å². The molecule has 7 nitrogen and oxygen atoms in total. The van der Waals surface area contributed by atoms with E-state index in [4.69, 9.17) is 20.0 Å². The Morgan fingerprint density at radius 1 is 1.31 bits per heavy atom. The summed E-state index contributed by atoms with van der Waals surface area (Å²) in [6.07, 6.45) is -1.08. The van der Waals surface area contributed by atoms with Crippen LogP contribution in [0.4, 0.5) is 0 Å². The molecule has 0 aromatic carbocycles. The molecule has 9 heteroatoms. The van der Waals surface area contributed by atoms with Crippen molar-refractivity contribution < 1.29 is 37.0 Å². The first-order chi connectivity index (χ1) is 5.25. The van der Waals surface area contributed by atoms with Crippen molar-refractivity contribution >= 4 is 42.6 Å². The predicted octanol–water partition coefficient (Wildman–Crippen LogP) is -1.06. The van der Waals surface area contributed by atoms with Gasteiger partial charge in [-0.2, -0.15) is 0 Å². The third-order valence-corrected chi connectivity index (χ3v) is 2.27. The van der Waals surface area contributed by atoms with Gasteiger partial charge in [-0.25, -0.2) is 0 Å². The topological polar surface area (TPSA) is 132 Å². The fourth-order valence-electron chi connectivity index (χ4n) is 0.515. The van der Waals surface area contributed by atoms with E-state index < -0.39 is 31.6 Å². The minimum Gasteiger partial charge on any atom is -1.00 e. The summed E-state index contributed by atoms with van der Waals surface area (Å²) in [5.74, 6) is -3.38. The summed E-state index contributed by atoms with van der Waals surface area (Å²) in [5.41, 5.74) is -2.16. The number of rotatable bonds is 4. The van der Waals surface area contributed by atoms with Crippen LogP contribution in [0.3, 0.4) is 0 Å². The largest absolute Gasteiger partial charge is 2.00 e. The molecule has 13 heavy (non-hydrogen) atoms. The molecule has 0 radical (unpaired) electrons. The average molecular weight is 224 g/mol. The van der Waals surface area contributed by atoms with Gasteiger partial charge in [0.05, 0.1) is 6.42 Å². The summed E-state index contributed by atoms with van der Waals surface area (Å²) in [4.78, 5) is 36.8. The molecule has 4 N–H and O–H groups in total. The Bertz CT molecular complexity index is 253. The zero-order valence-electron chi connectivity index (χ0n) is 8.45. The summed E-state index contributed by atoms with van der Waals surface area (Å²) in [7, 11) is -4.87. The predicted molar refractivity (Wildman–Crippen MR) is 43.7 cm³/mol. The molecular formula is C4H9MgO7P. The van der Waals surface area contributed by atoms with Crippen molar-refractivity contribution in [2.24, 2.45) is 0 Å². The second kappa shape index (κ2) is 5.56. The summed E-state index contributed by atoms with van der Waals surface area (Å²) < 4.78 is 10.4. The molecular weight excluding hydrogens is 215 g/mol. The average Bonchev–Trinajstić information content (AvgIpc) is 1.79. The molecule has 1 atom stereocenters. The molecule has 0 fully saturated rings. The Morgan fingerprint density at radius 2 is 1.69 bits per heavy atom. The minimum atomic E-state index is -4.87. The molecule has 0 amide bonds. The Balaban J connectivity index is -0.000000202. The molecule has 0 aliphatic carbocycles. The van der Waals surface area contributed by atoms with Gasteiger partial charge in [-0.3, -0.25) is 14.2 Å². The fourth-order valence-corrected chi connectivity index (χ4v) is 1.20. The van der Waals surface area contributed by atoms with Gasteiger partial charge in [0, 0.05) is 0 Å². The van der Waals surface area contributed by atoms with E-state index in [1.165, 1.54) is 0 Å². The van der Waals surface area contributed by atoms with Crippen LogP contribution in [0, 0.1) is 0 Å². The monoisotopic (exact) mass is 224 g/mol. The molecule has 0 aromatic rings. The Hall–Kier alpha value is -0.144. The molecule has 74 valence electrons. The third kappa shape index (κ3) is 6.00. The van der Waals surface area contributed by atoms with E-state index in [2.05, 4.69) is 0 Å². The quantitative estimate of drug-likeness (QED) is 0.353. The van der Waals surface area contributed by atoms with E-state index in [9.17, 15) is 14.2 Å². The maximum Gasteiger partial charge on any atom is 2.00 e. The minimum absolute atomic E-state index is 0. The maximum atomic E-state index is 10.4. The van der Waals surface area contributed by atoms with Crippen molar-refractivity contribution in [3.05, 3.63) is 0 Å². The molecule has 0 bridgehead atoms. The van der Waals surface area contributed by atoms with Crippen molar-refractivity contribution in [2.45, 2.75) is 12.1 Å². The standard InChI is InChI=1S/C4H7O7P.Mg.2H/c5-3(6)1-2(4(7)8)12(9,10)11;;;/h2H,1H2,(H,5,6)(H,7,8)(H2,9,10,11);;;/q;+2;2*-1. The van der Waals surface area contributed by atoms with Gasteiger partial charge < -0.3 is 22.9 Å². The number of carboxylic acid groups (broad SMARTS) is 2. The van der Waals surface area contributed by atoms with E-state index in [-0.39, 0.29) is 25.9 Å². The number of aliphatic carboxylic acids is 2. The van der Waals surface area contributed by atoms with Gasteiger partial charge in [0.25, 0.3) is 0 Å².